The van der Waals surface area contributed by atoms with Crippen molar-refractivity contribution in [2.75, 3.05) is 48.3 Å². The van der Waals surface area contributed by atoms with Crippen LogP contribution in [0.25, 0.3) is 0 Å². The van der Waals surface area contributed by atoms with Crippen LogP contribution in [0.2, 0.25) is 0 Å². The highest BCUT2D eigenvalue weighted by Gasteiger charge is 2.23. The standard InChI is InChI=1S/C27H34N8O/c36-24(28-21-10-4-1-5-11-21)20-34-16-18-35(19-17-34)27-32-25(29-22-12-6-2-7-13-22)31-26(33-27)30-23-14-8-3-9-15-23/h2-3,6-9,12-15,21H,1,4-5,10-11,16-20H2,(H,28,36)(H2,29,30,31,32,33). The van der Waals surface area contributed by atoms with Crippen molar-refractivity contribution in [1.82, 2.24) is 25.2 Å². The zero-order chi connectivity index (χ0) is 24.6. The molecule has 9 heteroatoms. The number of anilines is 5. The van der Waals surface area contributed by atoms with Crippen LogP contribution in [-0.4, -0.2) is 64.5 Å². The van der Waals surface area contributed by atoms with Gasteiger partial charge in [0, 0.05) is 43.6 Å². The van der Waals surface area contributed by atoms with E-state index in [4.69, 9.17) is 9.97 Å². The van der Waals surface area contributed by atoms with Crippen LogP contribution in [0.1, 0.15) is 32.1 Å². The molecule has 9 nitrogen and oxygen atoms in total. The van der Waals surface area contributed by atoms with E-state index in [9.17, 15) is 4.79 Å². The summed E-state index contributed by atoms with van der Waals surface area (Å²) in [5.41, 5.74) is 1.82. The average Bonchev–Trinajstić information content (AvgIpc) is 2.91. The number of hydrogen-bond acceptors (Lipinski definition) is 8. The fourth-order valence-corrected chi connectivity index (χ4v) is 4.75. The van der Waals surface area contributed by atoms with Gasteiger partial charge in [-0.05, 0) is 37.1 Å². The Labute approximate surface area is 212 Å². The van der Waals surface area contributed by atoms with Gasteiger partial charge in [0.25, 0.3) is 0 Å². The molecule has 36 heavy (non-hydrogen) atoms. The quantitative estimate of drug-likeness (QED) is 0.441. The molecule has 1 amide bonds. The number of rotatable bonds is 8. The van der Waals surface area contributed by atoms with Crippen molar-refractivity contribution in [1.29, 1.82) is 0 Å². The molecule has 3 aromatic rings. The molecule has 1 saturated carbocycles. The Morgan fingerprint density at radius 1 is 0.750 bits per heavy atom. The summed E-state index contributed by atoms with van der Waals surface area (Å²) < 4.78 is 0. The minimum absolute atomic E-state index is 0.138. The Bertz CT molecular complexity index is 1050. The number of carbonyl (C=O) groups excluding carboxylic acids is 1. The first kappa shape index (κ1) is 24.0. The minimum Gasteiger partial charge on any atom is -0.352 e. The van der Waals surface area contributed by atoms with E-state index in [2.05, 4.69) is 30.7 Å². The monoisotopic (exact) mass is 486 g/mol. The van der Waals surface area contributed by atoms with Crippen LogP contribution in [0.5, 0.6) is 0 Å². The average molecular weight is 487 g/mol. The predicted octanol–water partition coefficient (Wildman–Crippen LogP) is 3.93. The van der Waals surface area contributed by atoms with Gasteiger partial charge in [0.15, 0.2) is 0 Å². The Morgan fingerprint density at radius 3 is 1.86 bits per heavy atom. The van der Waals surface area contributed by atoms with Crippen molar-refractivity contribution >= 4 is 35.1 Å². The molecule has 3 N–H and O–H groups in total. The first-order valence-corrected chi connectivity index (χ1v) is 12.9. The minimum atomic E-state index is 0.138. The van der Waals surface area contributed by atoms with Crippen LogP contribution in [0.15, 0.2) is 60.7 Å². The Kier molecular flexibility index (Phi) is 7.87. The SMILES string of the molecule is O=C(CN1CCN(c2nc(Nc3ccccc3)nc(Nc3ccccc3)n2)CC1)NC1CCCCC1. The molecule has 0 radical (unpaired) electrons. The van der Waals surface area contributed by atoms with Crippen molar-refractivity contribution in [2.45, 2.75) is 38.1 Å². The molecule has 2 aromatic carbocycles. The fraction of sp³-hybridized carbons (Fsp3) is 0.407. The third kappa shape index (κ3) is 6.69. The summed E-state index contributed by atoms with van der Waals surface area (Å²) in [6.45, 7) is 3.51. The van der Waals surface area contributed by atoms with Crippen LogP contribution in [0.3, 0.4) is 0 Å². The lowest BCUT2D eigenvalue weighted by molar-refractivity contribution is -0.123. The number of benzene rings is 2. The number of nitrogens with one attached hydrogen (secondary N) is 3. The lowest BCUT2D eigenvalue weighted by Gasteiger charge is -2.34. The van der Waals surface area contributed by atoms with Crippen LogP contribution >= 0.6 is 0 Å². The molecule has 1 aliphatic carbocycles. The first-order chi connectivity index (χ1) is 17.7. The normalized spacial score (nSPS) is 16.9. The summed E-state index contributed by atoms with van der Waals surface area (Å²) in [5, 5.41) is 9.81. The molecule has 2 heterocycles. The van der Waals surface area contributed by atoms with Crippen LogP contribution < -0.4 is 20.9 Å². The molecule has 1 saturated heterocycles. The zero-order valence-corrected chi connectivity index (χ0v) is 20.6. The van der Waals surface area contributed by atoms with E-state index in [0.717, 1.165) is 50.4 Å². The molecule has 5 rings (SSSR count). The number of amides is 1. The van der Waals surface area contributed by atoms with Gasteiger partial charge in [0.1, 0.15) is 0 Å². The summed E-state index contributed by atoms with van der Waals surface area (Å²) >= 11 is 0. The molecule has 0 spiro atoms. The second kappa shape index (κ2) is 11.8. The van der Waals surface area contributed by atoms with Gasteiger partial charge in [-0.3, -0.25) is 9.69 Å². The molecule has 0 unspecified atom stereocenters. The summed E-state index contributed by atoms with van der Waals surface area (Å²) in [6, 6.07) is 20.1. The number of aromatic nitrogens is 3. The van der Waals surface area contributed by atoms with Crippen molar-refractivity contribution in [3.8, 4) is 0 Å². The Morgan fingerprint density at radius 2 is 1.31 bits per heavy atom. The van der Waals surface area contributed by atoms with Crippen LogP contribution in [0, 0.1) is 0 Å². The second-order valence-corrected chi connectivity index (χ2v) is 9.43. The Balaban J connectivity index is 1.24. The molecule has 0 bridgehead atoms. The van der Waals surface area contributed by atoms with Gasteiger partial charge in [-0.2, -0.15) is 15.0 Å². The van der Waals surface area contributed by atoms with E-state index in [1.54, 1.807) is 0 Å². The number of piperazine rings is 1. The molecular weight excluding hydrogens is 452 g/mol. The number of nitrogens with zero attached hydrogens (tertiary/aromatic N) is 5. The topological polar surface area (TPSA) is 98.3 Å². The largest absolute Gasteiger partial charge is 0.352 e. The highest BCUT2D eigenvalue weighted by molar-refractivity contribution is 5.78. The van der Waals surface area contributed by atoms with E-state index in [1.165, 1.54) is 19.3 Å². The number of carbonyl (C=O) groups is 1. The highest BCUT2D eigenvalue weighted by atomic mass is 16.2. The van der Waals surface area contributed by atoms with E-state index in [0.29, 0.717) is 30.4 Å². The zero-order valence-electron chi connectivity index (χ0n) is 20.6. The maximum atomic E-state index is 12.6. The summed E-state index contributed by atoms with van der Waals surface area (Å²) in [6.07, 6.45) is 5.95. The van der Waals surface area contributed by atoms with Gasteiger partial charge in [-0.25, -0.2) is 0 Å². The molecule has 2 aliphatic rings. The van der Waals surface area contributed by atoms with Crippen LogP contribution in [0.4, 0.5) is 29.2 Å². The molecule has 0 atom stereocenters. The van der Waals surface area contributed by atoms with Gasteiger partial charge in [-0.15, -0.1) is 0 Å². The summed E-state index contributed by atoms with van der Waals surface area (Å²) in [7, 11) is 0. The van der Waals surface area contributed by atoms with Gasteiger partial charge >= 0.3 is 0 Å². The maximum absolute atomic E-state index is 12.6. The van der Waals surface area contributed by atoms with E-state index < -0.39 is 0 Å². The third-order valence-electron chi connectivity index (χ3n) is 6.68. The summed E-state index contributed by atoms with van der Waals surface area (Å²) in [5.74, 6) is 1.73. The van der Waals surface area contributed by atoms with Gasteiger partial charge in [0.05, 0.1) is 6.54 Å². The molecular formula is C27H34N8O. The van der Waals surface area contributed by atoms with Crippen molar-refractivity contribution in [3.63, 3.8) is 0 Å². The molecule has 2 fully saturated rings. The lowest BCUT2D eigenvalue weighted by Crippen LogP contribution is -2.51. The molecule has 1 aromatic heterocycles. The lowest BCUT2D eigenvalue weighted by atomic mass is 9.95. The smallest absolute Gasteiger partial charge is 0.234 e. The first-order valence-electron chi connectivity index (χ1n) is 12.9. The van der Waals surface area contributed by atoms with Gasteiger partial charge in [0.2, 0.25) is 23.8 Å². The van der Waals surface area contributed by atoms with Crippen molar-refractivity contribution in [3.05, 3.63) is 60.7 Å². The van der Waals surface area contributed by atoms with Crippen LogP contribution in [-0.2, 0) is 4.79 Å². The number of para-hydroxylation sites is 2. The Hall–Kier alpha value is -3.72. The molecule has 188 valence electrons. The van der Waals surface area contributed by atoms with Crippen molar-refractivity contribution in [2.24, 2.45) is 0 Å². The third-order valence-corrected chi connectivity index (χ3v) is 6.68. The van der Waals surface area contributed by atoms with E-state index in [-0.39, 0.29) is 5.91 Å². The molecule has 1 aliphatic heterocycles. The van der Waals surface area contributed by atoms with Gasteiger partial charge < -0.3 is 20.9 Å². The van der Waals surface area contributed by atoms with E-state index >= 15 is 0 Å². The maximum Gasteiger partial charge on any atom is 0.234 e. The number of hydrogen-bond donors (Lipinski definition) is 3. The fourth-order valence-electron chi connectivity index (χ4n) is 4.75. The predicted molar refractivity (Wildman–Crippen MR) is 143 cm³/mol. The second-order valence-electron chi connectivity index (χ2n) is 9.43. The van der Waals surface area contributed by atoms with Crippen molar-refractivity contribution < 1.29 is 4.79 Å². The van der Waals surface area contributed by atoms with E-state index in [1.807, 2.05) is 60.7 Å². The highest BCUT2D eigenvalue weighted by Crippen LogP contribution is 2.21. The summed E-state index contributed by atoms with van der Waals surface area (Å²) in [4.78, 5) is 30.9. The van der Waals surface area contributed by atoms with Gasteiger partial charge in [-0.1, -0.05) is 55.7 Å².